The molecule has 4 N–H and O–H groups in total. The lowest BCUT2D eigenvalue weighted by Crippen LogP contribution is -2.32. The van der Waals surface area contributed by atoms with E-state index in [0.717, 1.165) is 16.7 Å². The summed E-state index contributed by atoms with van der Waals surface area (Å²) in [5.41, 5.74) is 8.81. The molecule has 0 fully saturated rings. The van der Waals surface area contributed by atoms with Crippen molar-refractivity contribution < 1.29 is 23.1 Å². The number of nitrogens with two attached hydrogens (primary N) is 1. The number of carboxylic acids is 1. The number of sulfone groups is 1. The Labute approximate surface area is 191 Å². The van der Waals surface area contributed by atoms with Crippen LogP contribution in [0.2, 0.25) is 0 Å². The minimum Gasteiger partial charge on any atom is -0.480 e. The molecule has 4 aromatic rings. The van der Waals surface area contributed by atoms with Crippen LogP contribution in [0.15, 0.2) is 76.7 Å². The van der Waals surface area contributed by atoms with Crippen molar-refractivity contribution in [2.45, 2.75) is 36.1 Å². The Morgan fingerprint density at radius 2 is 1.73 bits per heavy atom. The zero-order valence-corrected chi connectivity index (χ0v) is 19.0. The highest BCUT2D eigenvalue weighted by Gasteiger charge is 2.22. The minimum absolute atomic E-state index is 0.181. The summed E-state index contributed by atoms with van der Waals surface area (Å²) >= 11 is 0. The Balaban J connectivity index is 1.68. The number of nitrogens with one attached hydrogen (secondary N) is 1. The quantitative estimate of drug-likeness (QED) is 0.373. The van der Waals surface area contributed by atoms with Crippen LogP contribution >= 0.6 is 0 Å². The number of hydrogen-bond acceptors (Lipinski definition) is 5. The summed E-state index contributed by atoms with van der Waals surface area (Å²) in [6, 6.07) is 16.3. The highest BCUT2D eigenvalue weighted by Crippen LogP contribution is 2.34. The molecule has 8 heteroatoms. The van der Waals surface area contributed by atoms with E-state index in [-0.39, 0.29) is 16.2 Å². The second kappa shape index (κ2) is 8.73. The highest BCUT2D eigenvalue weighted by atomic mass is 32.2. The van der Waals surface area contributed by atoms with Gasteiger partial charge in [0.1, 0.15) is 17.5 Å². The molecule has 0 saturated carbocycles. The molecule has 0 aliphatic carbocycles. The van der Waals surface area contributed by atoms with Crippen LogP contribution in [-0.2, 0) is 21.1 Å². The molecule has 7 nitrogen and oxygen atoms in total. The van der Waals surface area contributed by atoms with Crippen LogP contribution < -0.4 is 10.5 Å². The van der Waals surface area contributed by atoms with Crippen LogP contribution in [0.5, 0.6) is 11.5 Å². The summed E-state index contributed by atoms with van der Waals surface area (Å²) in [4.78, 5) is 14.5. The van der Waals surface area contributed by atoms with Crippen LogP contribution in [0.1, 0.15) is 16.7 Å². The van der Waals surface area contributed by atoms with Crippen molar-refractivity contribution in [3.63, 3.8) is 0 Å². The van der Waals surface area contributed by atoms with Gasteiger partial charge in [0.15, 0.2) is 0 Å². The zero-order chi connectivity index (χ0) is 23.8. The van der Waals surface area contributed by atoms with Gasteiger partial charge in [-0.25, -0.2) is 8.42 Å². The molecule has 1 atom stereocenters. The van der Waals surface area contributed by atoms with Crippen molar-refractivity contribution in [1.82, 2.24) is 4.98 Å². The molecule has 0 aliphatic heterocycles. The number of benzene rings is 3. The molecule has 4 rings (SSSR count). The number of aliphatic carboxylic acids is 1. The molecular formula is C25H24N2O5S. The van der Waals surface area contributed by atoms with E-state index < -0.39 is 21.8 Å². The van der Waals surface area contributed by atoms with E-state index >= 15 is 0 Å². The lowest BCUT2D eigenvalue weighted by molar-refractivity contribution is -0.138. The third-order valence-corrected chi connectivity index (χ3v) is 7.28. The van der Waals surface area contributed by atoms with Crippen molar-refractivity contribution in [1.29, 1.82) is 0 Å². The third kappa shape index (κ3) is 4.48. The molecule has 0 bridgehead atoms. The molecule has 0 unspecified atom stereocenters. The van der Waals surface area contributed by atoms with E-state index in [1.807, 2.05) is 26.0 Å². The van der Waals surface area contributed by atoms with Gasteiger partial charge in [-0.2, -0.15) is 0 Å². The summed E-state index contributed by atoms with van der Waals surface area (Å²) in [6.45, 7) is 3.75. The van der Waals surface area contributed by atoms with Gasteiger partial charge in [0.05, 0.1) is 9.79 Å². The number of H-pyrrole nitrogens is 1. The monoisotopic (exact) mass is 464 g/mol. The number of fused-ring (bicyclic) bond motifs is 1. The first-order valence-corrected chi connectivity index (χ1v) is 11.8. The number of hydrogen-bond donors (Lipinski definition) is 3. The molecule has 0 aliphatic rings. The number of aromatic amines is 1. The fourth-order valence-corrected chi connectivity index (χ4v) is 5.31. The maximum absolute atomic E-state index is 13.1. The van der Waals surface area contributed by atoms with Crippen LogP contribution in [-0.4, -0.2) is 30.5 Å². The molecule has 1 aromatic heterocycles. The minimum atomic E-state index is -3.70. The summed E-state index contributed by atoms with van der Waals surface area (Å²) in [7, 11) is -3.70. The summed E-state index contributed by atoms with van der Waals surface area (Å²) in [6.07, 6.45) is 1.71. The van der Waals surface area contributed by atoms with Crippen molar-refractivity contribution in [2.24, 2.45) is 5.73 Å². The Bertz CT molecular complexity index is 1420. The zero-order valence-electron chi connectivity index (χ0n) is 18.2. The predicted molar refractivity (Wildman–Crippen MR) is 125 cm³/mol. The molecule has 0 saturated heterocycles. The predicted octanol–water partition coefficient (Wildman–Crippen LogP) is 4.36. The summed E-state index contributed by atoms with van der Waals surface area (Å²) < 4.78 is 32.4. The molecule has 0 radical (unpaired) electrons. The van der Waals surface area contributed by atoms with Crippen LogP contribution in [0, 0.1) is 13.8 Å². The molecule has 3 aromatic carbocycles. The second-order valence-corrected chi connectivity index (χ2v) is 9.90. The Morgan fingerprint density at radius 3 is 2.36 bits per heavy atom. The van der Waals surface area contributed by atoms with E-state index in [1.165, 1.54) is 6.20 Å². The number of carboxylic acid groups (broad SMARTS) is 1. The average Bonchev–Trinajstić information content (AvgIpc) is 3.21. The third-order valence-electron chi connectivity index (χ3n) is 5.47. The number of rotatable bonds is 7. The fraction of sp³-hybridized carbons (Fsp3) is 0.160. The smallest absolute Gasteiger partial charge is 0.320 e. The first-order chi connectivity index (χ1) is 15.7. The van der Waals surface area contributed by atoms with Crippen molar-refractivity contribution in [3.8, 4) is 11.5 Å². The van der Waals surface area contributed by atoms with Gasteiger partial charge in [-0.15, -0.1) is 0 Å². The van der Waals surface area contributed by atoms with E-state index in [4.69, 9.17) is 15.6 Å². The molecule has 1 heterocycles. The van der Waals surface area contributed by atoms with Crippen LogP contribution in [0.4, 0.5) is 0 Å². The van der Waals surface area contributed by atoms with Crippen molar-refractivity contribution >= 4 is 26.7 Å². The van der Waals surface area contributed by atoms with Gasteiger partial charge in [-0.3, -0.25) is 4.79 Å². The number of aromatic nitrogens is 1. The molecule has 0 amide bonds. The normalized spacial score (nSPS) is 12.6. The topological polar surface area (TPSA) is 122 Å². The van der Waals surface area contributed by atoms with E-state index in [1.54, 1.807) is 48.5 Å². The molecular weight excluding hydrogens is 440 g/mol. The van der Waals surface area contributed by atoms with Gasteiger partial charge in [0.25, 0.3) is 0 Å². The standard InChI is InChI=1S/C25H24N2O5S/c1-15-10-17(12-21(26)25(28)29)11-16(2)24(15)32-18-8-9-22-20(13-18)23(14-27-22)33(30,31)19-6-4-3-5-7-19/h3-11,13-14,21,27H,12,26H2,1-2H3,(H,28,29)/t21-/m1/s1. The van der Waals surface area contributed by atoms with Crippen LogP contribution in [0.3, 0.4) is 0 Å². The number of aryl methyl sites for hydroxylation is 2. The first kappa shape index (κ1) is 22.6. The van der Waals surface area contributed by atoms with Gasteiger partial charge in [-0.05, 0) is 67.3 Å². The summed E-state index contributed by atoms with van der Waals surface area (Å²) in [5, 5.41) is 9.60. The average molecular weight is 465 g/mol. The number of ether oxygens (including phenoxy) is 1. The van der Waals surface area contributed by atoms with Crippen molar-refractivity contribution in [3.05, 3.63) is 83.6 Å². The van der Waals surface area contributed by atoms with Gasteiger partial charge in [0.2, 0.25) is 9.84 Å². The van der Waals surface area contributed by atoms with E-state index in [0.29, 0.717) is 22.4 Å². The Hall–Kier alpha value is -3.62. The lowest BCUT2D eigenvalue weighted by atomic mass is 10.0. The molecule has 170 valence electrons. The lowest BCUT2D eigenvalue weighted by Gasteiger charge is -2.15. The second-order valence-electron chi connectivity index (χ2n) is 7.99. The number of carbonyl (C=O) groups is 1. The van der Waals surface area contributed by atoms with Gasteiger partial charge in [0, 0.05) is 17.1 Å². The SMILES string of the molecule is Cc1cc(C[C@@H](N)C(=O)O)cc(C)c1Oc1ccc2[nH]cc(S(=O)(=O)c3ccccc3)c2c1. The first-order valence-electron chi connectivity index (χ1n) is 10.3. The van der Waals surface area contributed by atoms with Gasteiger partial charge < -0.3 is 20.6 Å². The maximum Gasteiger partial charge on any atom is 0.320 e. The fourth-order valence-electron chi connectivity index (χ4n) is 3.86. The molecule has 33 heavy (non-hydrogen) atoms. The van der Waals surface area contributed by atoms with Crippen LogP contribution in [0.25, 0.3) is 10.9 Å². The largest absolute Gasteiger partial charge is 0.480 e. The maximum atomic E-state index is 13.1. The Morgan fingerprint density at radius 1 is 1.06 bits per heavy atom. The van der Waals surface area contributed by atoms with Crippen molar-refractivity contribution in [2.75, 3.05) is 0 Å². The van der Waals surface area contributed by atoms with E-state index in [9.17, 15) is 13.2 Å². The van der Waals surface area contributed by atoms with Gasteiger partial charge in [-0.1, -0.05) is 30.3 Å². The van der Waals surface area contributed by atoms with E-state index in [2.05, 4.69) is 4.98 Å². The molecule has 0 spiro atoms. The van der Waals surface area contributed by atoms with Gasteiger partial charge >= 0.3 is 5.97 Å². The Kier molecular flexibility index (Phi) is 5.97. The highest BCUT2D eigenvalue weighted by molar-refractivity contribution is 7.91. The summed E-state index contributed by atoms with van der Waals surface area (Å²) in [5.74, 6) is 0.0736.